The van der Waals surface area contributed by atoms with Crippen molar-refractivity contribution in [3.63, 3.8) is 0 Å². The molecule has 100 valence electrons. The molecule has 0 amide bonds. The smallest absolute Gasteiger partial charge is 0.165 e. The van der Waals surface area contributed by atoms with E-state index in [0.717, 1.165) is 11.1 Å². The highest BCUT2D eigenvalue weighted by atomic mass is 19.1. The van der Waals surface area contributed by atoms with Crippen molar-refractivity contribution in [1.82, 2.24) is 0 Å². The quantitative estimate of drug-likeness (QED) is 0.906. The van der Waals surface area contributed by atoms with E-state index in [1.165, 1.54) is 6.07 Å². The van der Waals surface area contributed by atoms with Crippen LogP contribution in [0.5, 0.6) is 11.5 Å². The van der Waals surface area contributed by atoms with E-state index >= 15 is 0 Å². The maximum Gasteiger partial charge on any atom is 0.165 e. The summed E-state index contributed by atoms with van der Waals surface area (Å²) in [6, 6.07) is 12.5. The largest absolute Gasteiger partial charge is 0.454 e. The number of halogens is 1. The fourth-order valence-corrected chi connectivity index (χ4v) is 1.93. The van der Waals surface area contributed by atoms with Crippen molar-refractivity contribution in [3.05, 3.63) is 59.4 Å². The van der Waals surface area contributed by atoms with E-state index in [4.69, 9.17) is 10.5 Å². The third-order valence-electron chi connectivity index (χ3n) is 2.77. The van der Waals surface area contributed by atoms with Crippen molar-refractivity contribution in [2.45, 2.75) is 26.3 Å². The van der Waals surface area contributed by atoms with Gasteiger partial charge in [-0.2, -0.15) is 0 Å². The highest BCUT2D eigenvalue weighted by Gasteiger charge is 2.07. The van der Waals surface area contributed by atoms with Gasteiger partial charge in [0, 0.05) is 6.04 Å². The van der Waals surface area contributed by atoms with Crippen LogP contribution in [0.1, 0.15) is 18.1 Å². The first kappa shape index (κ1) is 13.6. The summed E-state index contributed by atoms with van der Waals surface area (Å²) in [6.07, 6.45) is 0.654. The molecule has 0 saturated heterocycles. The number of hydrogen-bond acceptors (Lipinski definition) is 2. The Morgan fingerprint density at radius 1 is 1.21 bits per heavy atom. The van der Waals surface area contributed by atoms with Crippen molar-refractivity contribution in [3.8, 4) is 11.5 Å². The first-order valence-corrected chi connectivity index (χ1v) is 6.33. The van der Waals surface area contributed by atoms with E-state index in [0.29, 0.717) is 12.2 Å². The Hall–Kier alpha value is -1.87. The standard InChI is InChI=1S/C16H18FNO/c1-11-4-3-5-14(8-11)19-16-7-6-13(9-12(2)18)10-15(16)17/h3-8,10,12H,9,18H2,1-2H3. The minimum atomic E-state index is -0.361. The second-order valence-electron chi connectivity index (χ2n) is 4.86. The average molecular weight is 259 g/mol. The van der Waals surface area contributed by atoms with Crippen LogP contribution in [0.4, 0.5) is 4.39 Å². The van der Waals surface area contributed by atoms with Crippen LogP contribution >= 0.6 is 0 Å². The maximum atomic E-state index is 13.9. The van der Waals surface area contributed by atoms with Gasteiger partial charge >= 0.3 is 0 Å². The van der Waals surface area contributed by atoms with Crippen LogP contribution in [0.2, 0.25) is 0 Å². The second kappa shape index (κ2) is 5.85. The summed E-state index contributed by atoms with van der Waals surface area (Å²) in [5.74, 6) is 0.512. The molecule has 2 N–H and O–H groups in total. The van der Waals surface area contributed by atoms with Crippen molar-refractivity contribution in [1.29, 1.82) is 0 Å². The predicted molar refractivity (Wildman–Crippen MR) is 75.0 cm³/mol. The van der Waals surface area contributed by atoms with Crippen LogP contribution in [0.25, 0.3) is 0 Å². The Labute approximate surface area is 113 Å². The molecule has 0 radical (unpaired) electrons. The summed E-state index contributed by atoms with van der Waals surface area (Å²) >= 11 is 0. The fraction of sp³-hybridized carbons (Fsp3) is 0.250. The summed E-state index contributed by atoms with van der Waals surface area (Å²) < 4.78 is 19.5. The number of aryl methyl sites for hydroxylation is 1. The predicted octanol–water partition coefficient (Wildman–Crippen LogP) is 3.82. The molecular formula is C16H18FNO. The Morgan fingerprint density at radius 2 is 2.00 bits per heavy atom. The molecule has 0 fully saturated rings. The van der Waals surface area contributed by atoms with Gasteiger partial charge in [0.05, 0.1) is 0 Å². The van der Waals surface area contributed by atoms with Crippen molar-refractivity contribution < 1.29 is 9.13 Å². The number of ether oxygens (including phenoxy) is 1. The fourth-order valence-electron chi connectivity index (χ4n) is 1.93. The van der Waals surface area contributed by atoms with Gasteiger partial charge in [-0.25, -0.2) is 4.39 Å². The van der Waals surface area contributed by atoms with E-state index < -0.39 is 0 Å². The minimum absolute atomic E-state index is 0.0166. The summed E-state index contributed by atoms with van der Waals surface area (Å²) in [6.45, 7) is 3.87. The van der Waals surface area contributed by atoms with Crippen LogP contribution in [0.3, 0.4) is 0 Å². The molecule has 0 aliphatic carbocycles. The molecule has 2 aromatic rings. The summed E-state index contributed by atoms with van der Waals surface area (Å²) in [5.41, 5.74) is 7.65. The number of rotatable bonds is 4. The lowest BCUT2D eigenvalue weighted by Gasteiger charge is -2.10. The van der Waals surface area contributed by atoms with Crippen molar-refractivity contribution >= 4 is 0 Å². The zero-order valence-electron chi connectivity index (χ0n) is 11.2. The summed E-state index contributed by atoms with van der Waals surface area (Å²) in [7, 11) is 0. The van der Waals surface area contributed by atoms with E-state index in [2.05, 4.69) is 0 Å². The lowest BCUT2D eigenvalue weighted by Crippen LogP contribution is -2.17. The van der Waals surface area contributed by atoms with Gasteiger partial charge in [0.1, 0.15) is 5.75 Å². The van der Waals surface area contributed by atoms with Crippen LogP contribution in [-0.2, 0) is 6.42 Å². The molecule has 0 aromatic heterocycles. The van der Waals surface area contributed by atoms with Gasteiger partial charge in [0.2, 0.25) is 0 Å². The molecule has 0 saturated carbocycles. The molecule has 3 heteroatoms. The number of nitrogens with two attached hydrogens (primary N) is 1. The molecule has 2 nitrogen and oxygen atoms in total. The summed E-state index contributed by atoms with van der Waals surface area (Å²) in [5, 5.41) is 0. The van der Waals surface area contributed by atoms with Gasteiger partial charge in [-0.3, -0.25) is 0 Å². The van der Waals surface area contributed by atoms with Gasteiger partial charge < -0.3 is 10.5 Å². The monoisotopic (exact) mass is 259 g/mol. The molecule has 2 rings (SSSR count). The molecule has 2 aromatic carbocycles. The first-order valence-electron chi connectivity index (χ1n) is 6.33. The molecule has 0 spiro atoms. The molecule has 0 aliphatic rings. The van der Waals surface area contributed by atoms with Crippen LogP contribution in [0.15, 0.2) is 42.5 Å². The van der Waals surface area contributed by atoms with E-state index in [-0.39, 0.29) is 17.6 Å². The molecule has 0 heterocycles. The molecule has 1 unspecified atom stereocenters. The molecular weight excluding hydrogens is 241 g/mol. The van der Waals surface area contributed by atoms with Crippen LogP contribution < -0.4 is 10.5 Å². The summed E-state index contributed by atoms with van der Waals surface area (Å²) in [4.78, 5) is 0. The highest BCUT2D eigenvalue weighted by Crippen LogP contribution is 2.26. The van der Waals surface area contributed by atoms with Gasteiger partial charge in [-0.1, -0.05) is 18.2 Å². The Balaban J connectivity index is 2.17. The SMILES string of the molecule is Cc1cccc(Oc2ccc(CC(C)N)cc2F)c1. The zero-order chi connectivity index (χ0) is 13.8. The third kappa shape index (κ3) is 3.80. The number of hydrogen-bond donors (Lipinski definition) is 1. The normalized spacial score (nSPS) is 12.2. The minimum Gasteiger partial charge on any atom is -0.454 e. The van der Waals surface area contributed by atoms with E-state index in [1.807, 2.05) is 44.2 Å². The van der Waals surface area contributed by atoms with Gasteiger partial charge in [0.25, 0.3) is 0 Å². The Morgan fingerprint density at radius 3 is 2.63 bits per heavy atom. The van der Waals surface area contributed by atoms with Crippen molar-refractivity contribution in [2.75, 3.05) is 0 Å². The topological polar surface area (TPSA) is 35.2 Å². The van der Waals surface area contributed by atoms with Gasteiger partial charge in [-0.15, -0.1) is 0 Å². The third-order valence-corrected chi connectivity index (χ3v) is 2.77. The van der Waals surface area contributed by atoms with Gasteiger partial charge in [0.15, 0.2) is 11.6 Å². The van der Waals surface area contributed by atoms with Crippen LogP contribution in [-0.4, -0.2) is 6.04 Å². The first-order chi connectivity index (χ1) is 9.04. The van der Waals surface area contributed by atoms with Gasteiger partial charge in [-0.05, 0) is 55.7 Å². The second-order valence-corrected chi connectivity index (χ2v) is 4.86. The zero-order valence-corrected chi connectivity index (χ0v) is 11.2. The van der Waals surface area contributed by atoms with Crippen molar-refractivity contribution in [2.24, 2.45) is 5.73 Å². The molecule has 0 bridgehead atoms. The molecule has 19 heavy (non-hydrogen) atoms. The molecule has 1 atom stereocenters. The Bertz CT molecular complexity index is 566. The maximum absolute atomic E-state index is 13.9. The van der Waals surface area contributed by atoms with E-state index in [9.17, 15) is 4.39 Å². The molecule has 0 aliphatic heterocycles. The van der Waals surface area contributed by atoms with Crippen LogP contribution in [0, 0.1) is 12.7 Å². The average Bonchev–Trinajstić information content (AvgIpc) is 2.32. The number of benzene rings is 2. The Kier molecular flexibility index (Phi) is 4.17. The lowest BCUT2D eigenvalue weighted by molar-refractivity contribution is 0.441. The lowest BCUT2D eigenvalue weighted by atomic mass is 10.1. The highest BCUT2D eigenvalue weighted by molar-refractivity contribution is 5.36. The van der Waals surface area contributed by atoms with E-state index in [1.54, 1.807) is 6.07 Å².